The van der Waals surface area contributed by atoms with E-state index < -0.39 is 0 Å². The van der Waals surface area contributed by atoms with Crippen LogP contribution >= 0.6 is 0 Å². The molecule has 0 saturated heterocycles. The number of carbonyl (C=O) groups is 2. The SMILES string of the molecule is O=C(Nc1cccc2ncccc12)c1c2c(cn(C3CC3)c1=O)CN(C(=O)C1CCC1)CC2. The van der Waals surface area contributed by atoms with Crippen molar-refractivity contribution in [3.05, 3.63) is 69.8 Å². The van der Waals surface area contributed by atoms with E-state index in [4.69, 9.17) is 0 Å². The number of nitrogens with zero attached hydrogens (tertiary/aromatic N) is 3. The summed E-state index contributed by atoms with van der Waals surface area (Å²) in [4.78, 5) is 46.0. The first-order valence-corrected chi connectivity index (χ1v) is 11.8. The van der Waals surface area contributed by atoms with Crippen molar-refractivity contribution in [3.8, 4) is 0 Å². The van der Waals surface area contributed by atoms with Crippen LogP contribution in [0.5, 0.6) is 0 Å². The number of pyridine rings is 2. The molecule has 1 N–H and O–H groups in total. The van der Waals surface area contributed by atoms with Crippen LogP contribution in [-0.4, -0.2) is 32.8 Å². The molecule has 0 atom stereocenters. The molecule has 7 heteroatoms. The van der Waals surface area contributed by atoms with Crippen LogP contribution in [0.15, 0.2) is 47.5 Å². The summed E-state index contributed by atoms with van der Waals surface area (Å²) in [5.74, 6) is -0.0321. The average Bonchev–Trinajstić information content (AvgIpc) is 3.62. The Bertz CT molecular complexity index is 1330. The van der Waals surface area contributed by atoms with Gasteiger partial charge >= 0.3 is 0 Å². The average molecular weight is 443 g/mol. The predicted molar refractivity (Wildman–Crippen MR) is 125 cm³/mol. The quantitative estimate of drug-likeness (QED) is 0.668. The lowest BCUT2D eigenvalue weighted by Crippen LogP contribution is -2.43. The van der Waals surface area contributed by atoms with E-state index in [9.17, 15) is 14.4 Å². The summed E-state index contributed by atoms with van der Waals surface area (Å²) < 4.78 is 1.72. The molecule has 2 amide bonds. The maximum Gasteiger partial charge on any atom is 0.263 e. The van der Waals surface area contributed by atoms with Gasteiger partial charge in [-0.3, -0.25) is 19.4 Å². The van der Waals surface area contributed by atoms with E-state index in [1.54, 1.807) is 10.8 Å². The van der Waals surface area contributed by atoms with E-state index in [1.807, 2.05) is 41.4 Å². The van der Waals surface area contributed by atoms with Crippen LogP contribution in [0.1, 0.15) is 59.6 Å². The molecule has 1 aromatic carbocycles. The number of benzene rings is 1. The van der Waals surface area contributed by atoms with Gasteiger partial charge in [-0.1, -0.05) is 12.5 Å². The Morgan fingerprint density at radius 1 is 1.06 bits per heavy atom. The van der Waals surface area contributed by atoms with Crippen LogP contribution in [0, 0.1) is 5.92 Å². The van der Waals surface area contributed by atoms with Crippen molar-refractivity contribution >= 4 is 28.4 Å². The van der Waals surface area contributed by atoms with Gasteiger partial charge in [0.25, 0.3) is 11.5 Å². The fourth-order valence-electron chi connectivity index (χ4n) is 5.03. The van der Waals surface area contributed by atoms with Gasteiger partial charge in [0.05, 0.1) is 11.2 Å². The normalized spacial score (nSPS) is 18.0. The molecule has 3 aromatic rings. The molecule has 0 bridgehead atoms. The molecular formula is C26H26N4O3. The zero-order valence-corrected chi connectivity index (χ0v) is 18.4. The highest BCUT2D eigenvalue weighted by Crippen LogP contribution is 2.36. The molecule has 0 unspecified atom stereocenters. The second kappa shape index (κ2) is 7.83. The summed E-state index contributed by atoms with van der Waals surface area (Å²) in [6, 6.07) is 9.45. The molecule has 1 aliphatic heterocycles. The first kappa shape index (κ1) is 20.1. The Kier molecular flexibility index (Phi) is 4.78. The Morgan fingerprint density at radius 2 is 1.91 bits per heavy atom. The topological polar surface area (TPSA) is 84.3 Å². The van der Waals surface area contributed by atoms with Crippen molar-refractivity contribution in [1.82, 2.24) is 14.5 Å². The van der Waals surface area contributed by atoms with Crippen molar-refractivity contribution in [1.29, 1.82) is 0 Å². The zero-order valence-electron chi connectivity index (χ0n) is 18.4. The number of aromatic nitrogens is 2. The number of nitrogens with one attached hydrogen (secondary N) is 1. The minimum Gasteiger partial charge on any atom is -0.338 e. The van der Waals surface area contributed by atoms with Gasteiger partial charge in [0.15, 0.2) is 0 Å². The molecule has 0 radical (unpaired) electrons. The lowest BCUT2D eigenvalue weighted by molar-refractivity contribution is -0.139. The zero-order chi connectivity index (χ0) is 22.5. The monoisotopic (exact) mass is 442 g/mol. The first-order chi connectivity index (χ1) is 16.1. The fraction of sp³-hybridized carbons (Fsp3) is 0.385. The molecule has 3 aliphatic rings. The molecule has 7 nitrogen and oxygen atoms in total. The van der Waals surface area contributed by atoms with Gasteiger partial charge in [-0.15, -0.1) is 0 Å². The fourth-order valence-corrected chi connectivity index (χ4v) is 5.03. The molecule has 6 rings (SSSR count). The van der Waals surface area contributed by atoms with Gasteiger partial charge in [0, 0.05) is 42.8 Å². The van der Waals surface area contributed by atoms with Gasteiger partial charge < -0.3 is 14.8 Å². The van der Waals surface area contributed by atoms with Gasteiger partial charge in [0.1, 0.15) is 5.56 Å². The Morgan fingerprint density at radius 3 is 2.67 bits per heavy atom. The summed E-state index contributed by atoms with van der Waals surface area (Å²) in [5, 5.41) is 3.81. The summed E-state index contributed by atoms with van der Waals surface area (Å²) in [6.07, 6.45) is 9.08. The standard InChI is InChI=1S/C26H26N4O3/c31-24(28-22-8-2-7-21-20(22)6-3-12-27-21)23-19-11-13-29(25(32)16-4-1-5-16)14-17(19)15-30(26(23)33)18-9-10-18/h2-3,6-8,12,15-16,18H,1,4-5,9-11,13-14H2,(H,28,31). The number of anilines is 1. The van der Waals surface area contributed by atoms with Crippen molar-refractivity contribution < 1.29 is 9.59 Å². The summed E-state index contributed by atoms with van der Waals surface area (Å²) in [7, 11) is 0. The number of hydrogen-bond donors (Lipinski definition) is 1. The Labute approximate surface area is 191 Å². The van der Waals surface area contributed by atoms with Gasteiger partial charge in [-0.05, 0) is 67.5 Å². The van der Waals surface area contributed by atoms with Crippen LogP contribution in [-0.2, 0) is 17.8 Å². The Balaban J connectivity index is 1.37. The molecule has 2 aliphatic carbocycles. The molecule has 0 spiro atoms. The minimum atomic E-state index is -0.388. The lowest BCUT2D eigenvalue weighted by atomic mass is 9.83. The molecule has 2 fully saturated rings. The maximum atomic E-state index is 13.5. The van der Waals surface area contributed by atoms with Gasteiger partial charge in [0.2, 0.25) is 5.91 Å². The highest BCUT2D eigenvalue weighted by Gasteiger charge is 2.35. The molecular weight excluding hydrogens is 416 g/mol. The smallest absolute Gasteiger partial charge is 0.263 e. The largest absolute Gasteiger partial charge is 0.338 e. The molecule has 3 heterocycles. The van der Waals surface area contributed by atoms with Crippen LogP contribution in [0.3, 0.4) is 0 Å². The number of hydrogen-bond acceptors (Lipinski definition) is 4. The predicted octanol–water partition coefficient (Wildman–Crippen LogP) is 3.67. The lowest BCUT2D eigenvalue weighted by Gasteiger charge is -2.35. The number of fused-ring (bicyclic) bond motifs is 2. The summed E-state index contributed by atoms with van der Waals surface area (Å²) in [6.45, 7) is 1.02. The third-order valence-electron chi connectivity index (χ3n) is 7.25. The van der Waals surface area contributed by atoms with Crippen molar-refractivity contribution in [3.63, 3.8) is 0 Å². The van der Waals surface area contributed by atoms with E-state index in [0.29, 0.717) is 25.2 Å². The first-order valence-electron chi connectivity index (χ1n) is 11.8. The molecule has 168 valence electrons. The Hall–Kier alpha value is -3.48. The number of rotatable bonds is 4. The summed E-state index contributed by atoms with van der Waals surface area (Å²) in [5.41, 5.74) is 3.11. The van der Waals surface area contributed by atoms with E-state index in [-0.39, 0.29) is 34.9 Å². The number of carbonyl (C=O) groups excluding carboxylic acids is 2. The van der Waals surface area contributed by atoms with E-state index in [0.717, 1.165) is 54.1 Å². The maximum absolute atomic E-state index is 13.5. The van der Waals surface area contributed by atoms with Gasteiger partial charge in [-0.2, -0.15) is 0 Å². The van der Waals surface area contributed by atoms with E-state index in [2.05, 4.69) is 10.3 Å². The third kappa shape index (κ3) is 3.52. The van der Waals surface area contributed by atoms with Crippen LogP contribution in [0.25, 0.3) is 10.9 Å². The van der Waals surface area contributed by atoms with Crippen molar-refractivity contribution in [2.75, 3.05) is 11.9 Å². The third-order valence-corrected chi connectivity index (χ3v) is 7.25. The molecule has 33 heavy (non-hydrogen) atoms. The second-order valence-electron chi connectivity index (χ2n) is 9.42. The van der Waals surface area contributed by atoms with Crippen molar-refractivity contribution in [2.24, 2.45) is 5.92 Å². The van der Waals surface area contributed by atoms with Gasteiger partial charge in [-0.25, -0.2) is 0 Å². The van der Waals surface area contributed by atoms with Crippen LogP contribution in [0.4, 0.5) is 5.69 Å². The van der Waals surface area contributed by atoms with Crippen molar-refractivity contribution in [2.45, 2.75) is 51.1 Å². The highest BCUT2D eigenvalue weighted by atomic mass is 16.2. The van der Waals surface area contributed by atoms with Crippen LogP contribution < -0.4 is 10.9 Å². The molecule has 2 aromatic heterocycles. The van der Waals surface area contributed by atoms with Crippen LogP contribution in [0.2, 0.25) is 0 Å². The summed E-state index contributed by atoms with van der Waals surface area (Å²) >= 11 is 0. The second-order valence-corrected chi connectivity index (χ2v) is 9.42. The highest BCUT2D eigenvalue weighted by molar-refractivity contribution is 6.09. The van der Waals surface area contributed by atoms with E-state index in [1.165, 1.54) is 0 Å². The van der Waals surface area contributed by atoms with E-state index >= 15 is 0 Å². The minimum absolute atomic E-state index is 0.142. The number of amides is 2. The molecule has 2 saturated carbocycles.